The summed E-state index contributed by atoms with van der Waals surface area (Å²) < 4.78 is 60.5. The SMILES string of the molecule is COC(CF)CN(CCCCc1ccc2c(n1)NCCC2)CCC(NC(=O)C1(c2nn(C)cc2C(F)(F)F)CC1)C(=O)O. The van der Waals surface area contributed by atoms with Gasteiger partial charge in [-0.2, -0.15) is 18.3 Å². The standard InChI is InChI=1S/C29H40F4N6O4/c1-38-18-22(29(31,32)33)24(37-38)28(11-12-28)27(42)36-23(26(40)41)10-15-39(17-21(16-30)43-2)14-4-3-7-20-9-8-19-6-5-13-34-25(19)35-20/h8-9,18,21,23H,3-7,10-17H2,1-2H3,(H,34,35)(H,36,42)(H,40,41). The van der Waals surface area contributed by atoms with E-state index >= 15 is 0 Å². The first-order valence-electron chi connectivity index (χ1n) is 14.7. The minimum Gasteiger partial charge on any atom is -0.480 e. The van der Waals surface area contributed by atoms with Crippen molar-refractivity contribution < 1.29 is 37.0 Å². The Bertz CT molecular complexity index is 1260. The third-order valence-electron chi connectivity index (χ3n) is 8.19. The molecule has 0 spiro atoms. The maximum absolute atomic E-state index is 13.6. The normalized spacial score (nSPS) is 17.2. The summed E-state index contributed by atoms with van der Waals surface area (Å²) in [7, 11) is 2.74. The Hall–Kier alpha value is -3.26. The van der Waals surface area contributed by atoms with E-state index in [2.05, 4.69) is 21.8 Å². The zero-order valence-corrected chi connectivity index (χ0v) is 24.6. The second kappa shape index (κ2) is 14.0. The van der Waals surface area contributed by atoms with Crippen molar-refractivity contribution >= 4 is 17.7 Å². The summed E-state index contributed by atoms with van der Waals surface area (Å²) in [5, 5.41) is 19.5. The summed E-state index contributed by atoms with van der Waals surface area (Å²) in [5.74, 6) is -1.16. The molecule has 2 atom stereocenters. The largest absolute Gasteiger partial charge is 0.480 e. The van der Waals surface area contributed by atoms with Crippen LogP contribution in [0.2, 0.25) is 0 Å². The summed E-state index contributed by atoms with van der Waals surface area (Å²) in [6.07, 6.45) is 0.0684. The Morgan fingerprint density at radius 2 is 2.02 bits per heavy atom. The van der Waals surface area contributed by atoms with Gasteiger partial charge in [0.05, 0.1) is 22.8 Å². The van der Waals surface area contributed by atoms with E-state index in [4.69, 9.17) is 9.72 Å². The molecule has 1 aliphatic heterocycles. The van der Waals surface area contributed by atoms with Crippen LogP contribution in [0, 0.1) is 0 Å². The number of nitrogens with one attached hydrogen (secondary N) is 2. The highest BCUT2D eigenvalue weighted by molar-refractivity contribution is 5.93. The highest BCUT2D eigenvalue weighted by Gasteiger charge is 2.57. The summed E-state index contributed by atoms with van der Waals surface area (Å²) in [6, 6.07) is 2.79. The molecule has 1 amide bonds. The van der Waals surface area contributed by atoms with Crippen molar-refractivity contribution in [2.75, 3.05) is 45.3 Å². The van der Waals surface area contributed by atoms with Gasteiger partial charge in [-0.1, -0.05) is 6.07 Å². The van der Waals surface area contributed by atoms with Crippen LogP contribution in [0.5, 0.6) is 0 Å². The number of pyridine rings is 1. The smallest absolute Gasteiger partial charge is 0.419 e. The number of aryl methyl sites for hydroxylation is 3. The molecule has 238 valence electrons. The number of carboxylic acid groups (broad SMARTS) is 1. The number of aliphatic carboxylic acids is 1. The summed E-state index contributed by atoms with van der Waals surface area (Å²) in [4.78, 5) is 31.9. The van der Waals surface area contributed by atoms with Crippen molar-refractivity contribution in [1.82, 2.24) is 25.0 Å². The molecular weight excluding hydrogens is 572 g/mol. The lowest BCUT2D eigenvalue weighted by Crippen LogP contribution is -2.48. The molecule has 3 N–H and O–H groups in total. The van der Waals surface area contributed by atoms with Crippen LogP contribution in [0.15, 0.2) is 18.3 Å². The number of methoxy groups -OCH3 is 1. The van der Waals surface area contributed by atoms with E-state index in [-0.39, 0.29) is 38.0 Å². The lowest BCUT2D eigenvalue weighted by molar-refractivity contribution is -0.143. The molecule has 2 aromatic heterocycles. The number of halogens is 4. The lowest BCUT2D eigenvalue weighted by Gasteiger charge is -2.27. The molecule has 1 saturated carbocycles. The predicted molar refractivity (Wildman–Crippen MR) is 151 cm³/mol. The van der Waals surface area contributed by atoms with Crippen LogP contribution < -0.4 is 10.6 Å². The molecule has 14 heteroatoms. The third-order valence-corrected chi connectivity index (χ3v) is 8.19. The molecule has 43 heavy (non-hydrogen) atoms. The highest BCUT2D eigenvalue weighted by Crippen LogP contribution is 2.51. The molecular formula is C29H40F4N6O4. The van der Waals surface area contributed by atoms with E-state index in [0.717, 1.165) is 61.0 Å². The van der Waals surface area contributed by atoms with Crippen molar-refractivity contribution in [1.29, 1.82) is 0 Å². The molecule has 0 radical (unpaired) electrons. The van der Waals surface area contributed by atoms with E-state index in [9.17, 15) is 32.3 Å². The molecule has 0 aromatic carbocycles. The Balaban J connectivity index is 1.35. The maximum atomic E-state index is 13.6. The van der Waals surface area contributed by atoms with Gasteiger partial charge >= 0.3 is 12.1 Å². The molecule has 0 bridgehead atoms. The second-order valence-electron chi connectivity index (χ2n) is 11.4. The Morgan fingerprint density at radius 1 is 1.26 bits per heavy atom. The third kappa shape index (κ3) is 8.22. The zero-order valence-electron chi connectivity index (χ0n) is 24.6. The Morgan fingerprint density at radius 3 is 2.67 bits per heavy atom. The topological polar surface area (TPSA) is 122 Å². The van der Waals surface area contributed by atoms with Crippen LogP contribution in [0.1, 0.15) is 61.0 Å². The van der Waals surface area contributed by atoms with Crippen molar-refractivity contribution in [3.05, 3.63) is 40.8 Å². The van der Waals surface area contributed by atoms with E-state index in [0.29, 0.717) is 6.54 Å². The van der Waals surface area contributed by atoms with Gasteiger partial charge in [0, 0.05) is 45.7 Å². The van der Waals surface area contributed by atoms with Crippen molar-refractivity contribution in [2.45, 2.75) is 75.1 Å². The number of rotatable bonds is 16. The number of ether oxygens (including phenoxy) is 1. The maximum Gasteiger partial charge on any atom is 0.419 e. The molecule has 1 aliphatic carbocycles. The van der Waals surface area contributed by atoms with Gasteiger partial charge in [-0.3, -0.25) is 9.48 Å². The summed E-state index contributed by atoms with van der Waals surface area (Å²) in [5.41, 5.74) is -0.719. The number of carbonyl (C=O) groups excluding carboxylic acids is 1. The minimum absolute atomic E-state index is 0.0216. The first kappa shape index (κ1) is 32.6. The number of aromatic nitrogens is 3. The van der Waals surface area contributed by atoms with Gasteiger partial charge in [0.15, 0.2) is 0 Å². The number of unbranched alkanes of at least 4 members (excludes halogenated alkanes) is 1. The first-order valence-corrected chi connectivity index (χ1v) is 14.7. The van der Waals surface area contributed by atoms with E-state index in [1.165, 1.54) is 19.7 Å². The van der Waals surface area contributed by atoms with Gasteiger partial charge in [0.25, 0.3) is 0 Å². The highest BCUT2D eigenvalue weighted by atomic mass is 19.4. The number of carboxylic acids is 1. The monoisotopic (exact) mass is 612 g/mol. The number of amides is 1. The minimum atomic E-state index is -4.70. The first-order chi connectivity index (χ1) is 20.5. The van der Waals surface area contributed by atoms with Gasteiger partial charge < -0.3 is 25.4 Å². The van der Waals surface area contributed by atoms with E-state index in [1.54, 1.807) is 0 Å². The average molecular weight is 613 g/mol. The molecule has 4 rings (SSSR count). The molecule has 3 heterocycles. The number of hydrogen-bond acceptors (Lipinski definition) is 7. The van der Waals surface area contributed by atoms with Crippen LogP contribution in [0.4, 0.5) is 23.4 Å². The van der Waals surface area contributed by atoms with Gasteiger partial charge in [-0.05, 0) is 69.5 Å². The van der Waals surface area contributed by atoms with Crippen molar-refractivity contribution in [2.24, 2.45) is 7.05 Å². The van der Waals surface area contributed by atoms with Gasteiger partial charge in [-0.25, -0.2) is 14.2 Å². The number of anilines is 1. The van der Waals surface area contributed by atoms with Crippen molar-refractivity contribution in [3.8, 4) is 0 Å². The molecule has 1 fully saturated rings. The number of nitrogens with zero attached hydrogens (tertiary/aromatic N) is 4. The molecule has 0 saturated heterocycles. The molecule has 2 unspecified atom stereocenters. The Kier molecular flexibility index (Phi) is 10.6. The fraction of sp³-hybridized carbons (Fsp3) is 0.655. The number of alkyl halides is 4. The van der Waals surface area contributed by atoms with E-state index < -0.39 is 47.9 Å². The average Bonchev–Trinajstić information content (AvgIpc) is 3.69. The van der Waals surface area contributed by atoms with Crippen LogP contribution in [0.3, 0.4) is 0 Å². The Labute approximate surface area is 248 Å². The quantitative estimate of drug-likeness (QED) is 0.195. The summed E-state index contributed by atoms with van der Waals surface area (Å²) in [6.45, 7) is 1.16. The van der Waals surface area contributed by atoms with Gasteiger partial charge in [0.1, 0.15) is 18.5 Å². The number of carbonyl (C=O) groups is 2. The molecule has 2 aliphatic rings. The van der Waals surface area contributed by atoms with Crippen LogP contribution in [-0.4, -0.2) is 88.8 Å². The van der Waals surface area contributed by atoms with Gasteiger partial charge in [0.2, 0.25) is 5.91 Å². The van der Waals surface area contributed by atoms with Gasteiger partial charge in [-0.15, -0.1) is 0 Å². The lowest BCUT2D eigenvalue weighted by atomic mass is 9.96. The van der Waals surface area contributed by atoms with Crippen LogP contribution in [0.25, 0.3) is 0 Å². The molecule has 2 aromatic rings. The predicted octanol–water partition coefficient (Wildman–Crippen LogP) is 3.49. The fourth-order valence-electron chi connectivity index (χ4n) is 5.53. The number of hydrogen-bond donors (Lipinski definition) is 3. The van der Waals surface area contributed by atoms with Crippen LogP contribution >= 0.6 is 0 Å². The van der Waals surface area contributed by atoms with Crippen LogP contribution in [-0.2, 0) is 45.8 Å². The summed E-state index contributed by atoms with van der Waals surface area (Å²) >= 11 is 0. The fourth-order valence-corrected chi connectivity index (χ4v) is 5.53. The number of fused-ring (bicyclic) bond motifs is 1. The second-order valence-corrected chi connectivity index (χ2v) is 11.4. The molecule has 10 nitrogen and oxygen atoms in total. The van der Waals surface area contributed by atoms with E-state index in [1.807, 2.05) is 11.0 Å². The van der Waals surface area contributed by atoms with Crippen molar-refractivity contribution in [3.63, 3.8) is 0 Å². The zero-order chi connectivity index (χ0) is 31.2.